The van der Waals surface area contributed by atoms with Crippen LogP contribution in [0.4, 0.5) is 5.69 Å². The summed E-state index contributed by atoms with van der Waals surface area (Å²) in [6.45, 7) is 6.43. The second-order valence-electron chi connectivity index (χ2n) is 7.26. The fraction of sp³-hybridized carbons (Fsp3) is 0.227. The molecule has 0 aliphatic carbocycles. The molecule has 0 aliphatic rings. The van der Waals surface area contributed by atoms with Gasteiger partial charge in [0.15, 0.2) is 6.61 Å². The molecule has 0 heterocycles. The Balaban J connectivity index is 1.68. The maximum absolute atomic E-state index is 12.3. The third kappa shape index (κ3) is 4.25. The number of carbonyl (C=O) groups excluding carboxylic acids is 1. The van der Waals surface area contributed by atoms with Crippen LogP contribution in [0.25, 0.3) is 10.8 Å². The van der Waals surface area contributed by atoms with E-state index in [1.165, 1.54) is 5.56 Å². The Morgan fingerprint density at radius 2 is 1.77 bits per heavy atom. The smallest absolute Gasteiger partial charge is 0.262 e. The molecule has 0 saturated heterocycles. The van der Waals surface area contributed by atoms with Crippen molar-refractivity contribution < 1.29 is 9.53 Å². The Labute approximate surface area is 162 Å². The highest BCUT2D eigenvalue weighted by Crippen LogP contribution is 2.31. The van der Waals surface area contributed by atoms with Crippen molar-refractivity contribution in [3.63, 3.8) is 0 Å². The predicted molar refractivity (Wildman–Crippen MR) is 111 cm³/mol. The van der Waals surface area contributed by atoms with Gasteiger partial charge in [-0.15, -0.1) is 0 Å². The van der Waals surface area contributed by atoms with Crippen LogP contribution in [0.3, 0.4) is 0 Å². The van der Waals surface area contributed by atoms with Crippen LogP contribution >= 0.6 is 15.9 Å². The highest BCUT2D eigenvalue weighted by Gasteiger charge is 2.16. The molecule has 3 rings (SSSR count). The van der Waals surface area contributed by atoms with Crippen molar-refractivity contribution in [2.24, 2.45) is 0 Å². The third-order valence-electron chi connectivity index (χ3n) is 4.22. The SMILES string of the molecule is CC(C)(C)c1ccc(OCC(=O)Nc2cccc3ccccc23)c(Br)c1. The molecule has 0 aromatic heterocycles. The molecule has 0 unspecified atom stereocenters. The van der Waals surface area contributed by atoms with Gasteiger partial charge in [0.1, 0.15) is 5.75 Å². The van der Waals surface area contributed by atoms with Crippen LogP contribution < -0.4 is 10.1 Å². The largest absolute Gasteiger partial charge is 0.483 e. The summed E-state index contributed by atoms with van der Waals surface area (Å²) < 4.78 is 6.54. The van der Waals surface area contributed by atoms with Crippen molar-refractivity contribution in [3.8, 4) is 5.75 Å². The Kier molecular flexibility index (Phi) is 5.33. The first-order valence-electron chi connectivity index (χ1n) is 8.55. The van der Waals surface area contributed by atoms with E-state index in [0.717, 1.165) is 20.9 Å². The Morgan fingerprint density at radius 3 is 2.50 bits per heavy atom. The van der Waals surface area contributed by atoms with Crippen LogP contribution in [0.1, 0.15) is 26.3 Å². The molecular weight excluding hydrogens is 390 g/mol. The van der Waals surface area contributed by atoms with Crippen LogP contribution in [0.2, 0.25) is 0 Å². The van der Waals surface area contributed by atoms with Crippen LogP contribution in [0.5, 0.6) is 5.75 Å². The van der Waals surface area contributed by atoms with Gasteiger partial charge in [-0.3, -0.25) is 4.79 Å². The predicted octanol–water partition coefficient (Wildman–Crippen LogP) is 5.92. The first-order chi connectivity index (χ1) is 12.3. The topological polar surface area (TPSA) is 38.3 Å². The summed E-state index contributed by atoms with van der Waals surface area (Å²) in [5.41, 5.74) is 2.06. The van der Waals surface area contributed by atoms with Gasteiger partial charge in [-0.25, -0.2) is 0 Å². The van der Waals surface area contributed by atoms with Crippen molar-refractivity contribution >= 4 is 38.3 Å². The molecule has 0 saturated carbocycles. The van der Waals surface area contributed by atoms with E-state index in [2.05, 4.69) is 42.0 Å². The summed E-state index contributed by atoms with van der Waals surface area (Å²) >= 11 is 3.53. The van der Waals surface area contributed by atoms with E-state index in [1.807, 2.05) is 60.7 Å². The first-order valence-corrected chi connectivity index (χ1v) is 9.34. The van der Waals surface area contributed by atoms with Gasteiger partial charge < -0.3 is 10.1 Å². The lowest BCUT2D eigenvalue weighted by molar-refractivity contribution is -0.118. The fourth-order valence-corrected chi connectivity index (χ4v) is 3.24. The minimum absolute atomic E-state index is 0.0450. The van der Waals surface area contributed by atoms with Crippen molar-refractivity contribution in [2.75, 3.05) is 11.9 Å². The van der Waals surface area contributed by atoms with Gasteiger partial charge in [0.05, 0.1) is 4.47 Å². The number of rotatable bonds is 4. The Bertz CT molecular complexity index is 939. The van der Waals surface area contributed by atoms with Crippen molar-refractivity contribution in [3.05, 3.63) is 70.7 Å². The monoisotopic (exact) mass is 411 g/mol. The number of hydrogen-bond donors (Lipinski definition) is 1. The van der Waals surface area contributed by atoms with Gasteiger partial charge in [0.25, 0.3) is 5.91 Å². The number of carbonyl (C=O) groups is 1. The van der Waals surface area contributed by atoms with Gasteiger partial charge in [0, 0.05) is 11.1 Å². The average Bonchev–Trinajstić information content (AvgIpc) is 2.60. The summed E-state index contributed by atoms with van der Waals surface area (Å²) in [7, 11) is 0. The summed E-state index contributed by atoms with van der Waals surface area (Å²) in [4.78, 5) is 12.3. The molecule has 3 nitrogen and oxygen atoms in total. The fourth-order valence-electron chi connectivity index (χ4n) is 2.75. The standard InChI is InChI=1S/C22H22BrNO2/c1-22(2,3)16-11-12-20(18(23)13-16)26-14-21(25)24-19-10-6-8-15-7-4-5-9-17(15)19/h4-13H,14H2,1-3H3,(H,24,25). The molecule has 0 fully saturated rings. The van der Waals surface area contributed by atoms with Crippen LogP contribution in [0.15, 0.2) is 65.1 Å². The number of hydrogen-bond acceptors (Lipinski definition) is 2. The molecular formula is C22H22BrNO2. The zero-order chi connectivity index (χ0) is 18.7. The number of benzene rings is 3. The van der Waals surface area contributed by atoms with E-state index in [4.69, 9.17) is 4.74 Å². The third-order valence-corrected chi connectivity index (χ3v) is 4.84. The maximum atomic E-state index is 12.3. The number of amides is 1. The lowest BCUT2D eigenvalue weighted by Gasteiger charge is -2.20. The Hall–Kier alpha value is -2.33. The molecule has 3 aromatic carbocycles. The molecule has 134 valence electrons. The lowest BCUT2D eigenvalue weighted by Crippen LogP contribution is -2.20. The molecule has 1 N–H and O–H groups in total. The van der Waals surface area contributed by atoms with Crippen LogP contribution in [-0.2, 0) is 10.2 Å². The molecule has 0 atom stereocenters. The molecule has 0 spiro atoms. The van der Waals surface area contributed by atoms with Gasteiger partial charge in [-0.1, -0.05) is 63.2 Å². The molecule has 0 bridgehead atoms. The minimum atomic E-state index is -0.187. The van der Waals surface area contributed by atoms with Crippen molar-refractivity contribution in [1.82, 2.24) is 0 Å². The van der Waals surface area contributed by atoms with E-state index < -0.39 is 0 Å². The van der Waals surface area contributed by atoms with E-state index in [9.17, 15) is 4.79 Å². The van der Waals surface area contributed by atoms with Crippen LogP contribution in [-0.4, -0.2) is 12.5 Å². The molecule has 4 heteroatoms. The zero-order valence-corrected chi connectivity index (χ0v) is 16.8. The van der Waals surface area contributed by atoms with E-state index >= 15 is 0 Å². The minimum Gasteiger partial charge on any atom is -0.483 e. The average molecular weight is 412 g/mol. The molecule has 1 amide bonds. The van der Waals surface area contributed by atoms with Gasteiger partial charge in [0.2, 0.25) is 0 Å². The van der Waals surface area contributed by atoms with Gasteiger partial charge >= 0.3 is 0 Å². The summed E-state index contributed by atoms with van der Waals surface area (Å²) in [6, 6.07) is 19.8. The summed E-state index contributed by atoms with van der Waals surface area (Å²) in [5, 5.41) is 5.03. The van der Waals surface area contributed by atoms with Gasteiger partial charge in [-0.05, 0) is 50.5 Å². The Morgan fingerprint density at radius 1 is 1.04 bits per heavy atom. The highest BCUT2D eigenvalue weighted by atomic mass is 79.9. The summed E-state index contributed by atoms with van der Waals surface area (Å²) in [6.07, 6.45) is 0. The molecule has 3 aromatic rings. The number of halogens is 1. The van der Waals surface area contributed by atoms with Gasteiger partial charge in [-0.2, -0.15) is 0 Å². The zero-order valence-electron chi connectivity index (χ0n) is 15.2. The molecule has 0 aliphatic heterocycles. The number of ether oxygens (including phenoxy) is 1. The normalized spacial score (nSPS) is 11.4. The number of anilines is 1. The van der Waals surface area contributed by atoms with E-state index in [1.54, 1.807) is 0 Å². The van der Waals surface area contributed by atoms with Crippen molar-refractivity contribution in [1.29, 1.82) is 0 Å². The number of fused-ring (bicyclic) bond motifs is 1. The molecule has 0 radical (unpaired) electrons. The highest BCUT2D eigenvalue weighted by molar-refractivity contribution is 9.10. The second-order valence-corrected chi connectivity index (χ2v) is 8.11. The molecule has 26 heavy (non-hydrogen) atoms. The quantitative estimate of drug-likeness (QED) is 0.578. The summed E-state index contributed by atoms with van der Waals surface area (Å²) in [5.74, 6) is 0.472. The first kappa shape index (κ1) is 18.5. The lowest BCUT2D eigenvalue weighted by atomic mass is 9.87. The number of nitrogens with one attached hydrogen (secondary N) is 1. The van der Waals surface area contributed by atoms with E-state index in [0.29, 0.717) is 5.75 Å². The maximum Gasteiger partial charge on any atom is 0.262 e. The second kappa shape index (κ2) is 7.50. The van der Waals surface area contributed by atoms with Crippen molar-refractivity contribution in [2.45, 2.75) is 26.2 Å². The van der Waals surface area contributed by atoms with E-state index in [-0.39, 0.29) is 17.9 Å². The van der Waals surface area contributed by atoms with Crippen LogP contribution in [0, 0.1) is 0 Å².